The van der Waals surface area contributed by atoms with Crippen LogP contribution in [0.15, 0.2) is 73.1 Å². The SMILES string of the molecule is COc1ccc(-c2cccc(-n3cnc4ccc(-c5nn[nH]n5)cc43)c2)cc1. The number of tetrazole rings is 1. The lowest BCUT2D eigenvalue weighted by Crippen LogP contribution is -1.93. The number of imidazole rings is 1. The highest BCUT2D eigenvalue weighted by Gasteiger charge is 2.10. The van der Waals surface area contributed by atoms with Crippen molar-refractivity contribution in [2.24, 2.45) is 0 Å². The van der Waals surface area contributed by atoms with Crippen LogP contribution in [0.1, 0.15) is 0 Å². The number of benzene rings is 3. The first-order chi connectivity index (χ1) is 13.8. The van der Waals surface area contributed by atoms with Crippen LogP contribution < -0.4 is 4.74 Å². The van der Waals surface area contributed by atoms with Gasteiger partial charge in [-0.15, -0.1) is 10.2 Å². The summed E-state index contributed by atoms with van der Waals surface area (Å²) in [6, 6.07) is 22.3. The number of rotatable bonds is 4. The minimum Gasteiger partial charge on any atom is -0.497 e. The molecule has 2 aromatic heterocycles. The number of nitrogens with one attached hydrogen (secondary N) is 1. The summed E-state index contributed by atoms with van der Waals surface area (Å²) in [6.07, 6.45) is 1.83. The van der Waals surface area contributed by atoms with Gasteiger partial charge < -0.3 is 4.74 Å². The Morgan fingerprint density at radius 1 is 0.893 bits per heavy atom. The van der Waals surface area contributed by atoms with Crippen LogP contribution in [-0.4, -0.2) is 37.3 Å². The summed E-state index contributed by atoms with van der Waals surface area (Å²) < 4.78 is 7.31. The fourth-order valence-electron chi connectivity index (χ4n) is 3.26. The summed E-state index contributed by atoms with van der Waals surface area (Å²) in [6.45, 7) is 0. The topological polar surface area (TPSA) is 81.5 Å². The molecule has 0 bridgehead atoms. The van der Waals surface area contributed by atoms with Gasteiger partial charge in [0.2, 0.25) is 5.82 Å². The van der Waals surface area contributed by atoms with E-state index in [0.29, 0.717) is 5.82 Å². The molecule has 0 atom stereocenters. The van der Waals surface area contributed by atoms with Crippen LogP contribution >= 0.6 is 0 Å². The minimum atomic E-state index is 0.557. The van der Waals surface area contributed by atoms with Gasteiger partial charge in [-0.05, 0) is 58.8 Å². The van der Waals surface area contributed by atoms with E-state index in [2.05, 4.69) is 60.5 Å². The van der Waals surface area contributed by atoms with Gasteiger partial charge in [0.15, 0.2) is 0 Å². The molecule has 28 heavy (non-hydrogen) atoms. The molecule has 0 unspecified atom stereocenters. The van der Waals surface area contributed by atoms with Crippen LogP contribution in [0.2, 0.25) is 0 Å². The number of ether oxygens (including phenoxy) is 1. The van der Waals surface area contributed by atoms with E-state index in [9.17, 15) is 0 Å². The number of aromatic amines is 1. The van der Waals surface area contributed by atoms with E-state index < -0.39 is 0 Å². The Kier molecular flexibility index (Phi) is 3.83. The standard InChI is InChI=1S/C21H16N6O/c1-28-18-8-5-14(6-9-18)15-3-2-4-17(11-15)27-13-22-19-10-7-16(12-20(19)27)21-23-25-26-24-21/h2-13H,1H3,(H,23,24,25,26). The average Bonchev–Trinajstić information content (AvgIpc) is 3.43. The number of fused-ring (bicyclic) bond motifs is 1. The van der Waals surface area contributed by atoms with Crippen molar-refractivity contribution in [2.45, 2.75) is 0 Å². The fourth-order valence-corrected chi connectivity index (χ4v) is 3.26. The maximum Gasteiger partial charge on any atom is 0.204 e. The van der Waals surface area contributed by atoms with Crippen LogP contribution in [0.3, 0.4) is 0 Å². The molecule has 0 saturated heterocycles. The van der Waals surface area contributed by atoms with Gasteiger partial charge in [0.1, 0.15) is 12.1 Å². The van der Waals surface area contributed by atoms with E-state index in [4.69, 9.17) is 4.74 Å². The van der Waals surface area contributed by atoms with E-state index in [-0.39, 0.29) is 0 Å². The first-order valence-corrected chi connectivity index (χ1v) is 8.77. The molecule has 7 heteroatoms. The fraction of sp³-hybridized carbons (Fsp3) is 0.0476. The maximum absolute atomic E-state index is 5.25. The van der Waals surface area contributed by atoms with Crippen molar-refractivity contribution in [3.05, 3.63) is 73.1 Å². The largest absolute Gasteiger partial charge is 0.497 e. The van der Waals surface area contributed by atoms with Gasteiger partial charge in [-0.1, -0.05) is 24.3 Å². The zero-order valence-corrected chi connectivity index (χ0v) is 15.1. The van der Waals surface area contributed by atoms with E-state index >= 15 is 0 Å². The van der Waals surface area contributed by atoms with Gasteiger partial charge in [0, 0.05) is 11.3 Å². The first-order valence-electron chi connectivity index (χ1n) is 8.77. The molecule has 0 spiro atoms. The zero-order valence-electron chi connectivity index (χ0n) is 15.1. The smallest absolute Gasteiger partial charge is 0.204 e. The molecule has 2 heterocycles. The van der Waals surface area contributed by atoms with Crippen LogP contribution in [0, 0.1) is 0 Å². The number of aromatic nitrogens is 6. The van der Waals surface area contributed by atoms with E-state index in [1.807, 2.05) is 42.7 Å². The van der Waals surface area contributed by atoms with Crippen LogP contribution in [-0.2, 0) is 0 Å². The van der Waals surface area contributed by atoms with Crippen LogP contribution in [0.4, 0.5) is 0 Å². The van der Waals surface area contributed by atoms with Gasteiger partial charge in [-0.2, -0.15) is 5.21 Å². The van der Waals surface area contributed by atoms with Crippen molar-refractivity contribution in [1.29, 1.82) is 0 Å². The molecule has 7 nitrogen and oxygen atoms in total. The lowest BCUT2D eigenvalue weighted by atomic mass is 10.0. The second-order valence-corrected chi connectivity index (χ2v) is 6.33. The highest BCUT2D eigenvalue weighted by molar-refractivity contribution is 5.82. The quantitative estimate of drug-likeness (QED) is 0.521. The highest BCUT2D eigenvalue weighted by Crippen LogP contribution is 2.27. The van der Waals surface area contributed by atoms with Crippen LogP contribution in [0.5, 0.6) is 5.75 Å². The summed E-state index contributed by atoms with van der Waals surface area (Å²) in [5, 5.41) is 14.2. The number of H-pyrrole nitrogens is 1. The second-order valence-electron chi connectivity index (χ2n) is 6.33. The Balaban J connectivity index is 1.59. The van der Waals surface area contributed by atoms with Gasteiger partial charge in [-0.3, -0.25) is 4.57 Å². The van der Waals surface area contributed by atoms with Gasteiger partial charge in [0.05, 0.1) is 18.1 Å². The molecule has 0 radical (unpaired) electrons. The van der Waals surface area contributed by atoms with Crippen molar-refractivity contribution in [3.63, 3.8) is 0 Å². The van der Waals surface area contributed by atoms with Crippen molar-refractivity contribution in [2.75, 3.05) is 7.11 Å². The van der Waals surface area contributed by atoms with Crippen molar-refractivity contribution < 1.29 is 4.74 Å². The summed E-state index contributed by atoms with van der Waals surface area (Å²) in [5.74, 6) is 1.40. The first kappa shape index (κ1) is 16.2. The number of methoxy groups -OCH3 is 1. The zero-order chi connectivity index (χ0) is 18.9. The van der Waals surface area contributed by atoms with Crippen molar-refractivity contribution in [3.8, 4) is 34.0 Å². The number of hydrogen-bond acceptors (Lipinski definition) is 5. The highest BCUT2D eigenvalue weighted by atomic mass is 16.5. The molecular formula is C21H16N6O. The predicted octanol–water partition coefficient (Wildman–Crippen LogP) is 3.88. The third-order valence-corrected chi connectivity index (χ3v) is 4.70. The molecule has 1 N–H and O–H groups in total. The third-order valence-electron chi connectivity index (χ3n) is 4.70. The van der Waals surface area contributed by atoms with Crippen molar-refractivity contribution >= 4 is 11.0 Å². The summed E-state index contributed by atoms with van der Waals surface area (Å²) in [4.78, 5) is 4.52. The molecule has 0 aliphatic carbocycles. The Hall–Kier alpha value is -4.00. The maximum atomic E-state index is 5.25. The summed E-state index contributed by atoms with van der Waals surface area (Å²) >= 11 is 0. The van der Waals surface area contributed by atoms with E-state index in [0.717, 1.165) is 39.2 Å². The van der Waals surface area contributed by atoms with Crippen molar-refractivity contribution in [1.82, 2.24) is 30.2 Å². The molecule has 0 aliphatic heterocycles. The second kappa shape index (κ2) is 6.62. The Bertz CT molecular complexity index is 1240. The normalized spacial score (nSPS) is 11.0. The molecule has 136 valence electrons. The molecule has 0 amide bonds. The molecule has 0 aliphatic rings. The van der Waals surface area contributed by atoms with Crippen LogP contribution in [0.25, 0.3) is 39.2 Å². The average molecular weight is 368 g/mol. The predicted molar refractivity (Wildman–Crippen MR) is 106 cm³/mol. The summed E-state index contributed by atoms with van der Waals surface area (Å²) in [7, 11) is 1.67. The number of nitrogens with zero attached hydrogens (tertiary/aromatic N) is 5. The molecule has 0 saturated carbocycles. The summed E-state index contributed by atoms with van der Waals surface area (Å²) in [5.41, 5.74) is 6.04. The molecular weight excluding hydrogens is 352 g/mol. The molecule has 0 fully saturated rings. The lowest BCUT2D eigenvalue weighted by Gasteiger charge is -2.09. The lowest BCUT2D eigenvalue weighted by molar-refractivity contribution is 0.415. The van der Waals surface area contributed by atoms with Gasteiger partial charge in [0.25, 0.3) is 0 Å². The van der Waals surface area contributed by atoms with Gasteiger partial charge >= 0.3 is 0 Å². The molecule has 5 aromatic rings. The Morgan fingerprint density at radius 3 is 2.54 bits per heavy atom. The minimum absolute atomic E-state index is 0.557. The third kappa shape index (κ3) is 2.79. The monoisotopic (exact) mass is 368 g/mol. The molecule has 3 aromatic carbocycles. The Morgan fingerprint density at radius 2 is 1.75 bits per heavy atom. The molecule has 5 rings (SSSR count). The Labute approximate surface area is 160 Å². The van der Waals surface area contributed by atoms with E-state index in [1.165, 1.54) is 0 Å². The van der Waals surface area contributed by atoms with Gasteiger partial charge in [-0.25, -0.2) is 4.98 Å². The van der Waals surface area contributed by atoms with E-state index in [1.54, 1.807) is 7.11 Å². The number of hydrogen-bond donors (Lipinski definition) is 1.